The average Bonchev–Trinajstić information content (AvgIpc) is 3.11. The Morgan fingerprint density at radius 1 is 1.24 bits per heavy atom. The molecule has 0 fully saturated rings. The summed E-state index contributed by atoms with van der Waals surface area (Å²) < 4.78 is 32.1. The number of nitrogens with two attached hydrogens (primary N) is 2. The minimum atomic E-state index is -1.51. The molecule has 0 aliphatic carbocycles. The Kier molecular flexibility index (Phi) is 5.87. The van der Waals surface area contributed by atoms with Gasteiger partial charge in [0.25, 0.3) is 0 Å². The van der Waals surface area contributed by atoms with Crippen LogP contribution in [0.15, 0.2) is 42.6 Å². The van der Waals surface area contributed by atoms with Gasteiger partial charge in [-0.25, -0.2) is 9.37 Å². The summed E-state index contributed by atoms with van der Waals surface area (Å²) in [6.07, 6.45) is 0.101. The summed E-state index contributed by atoms with van der Waals surface area (Å²) >= 11 is 6.50. The average molecular weight is 474 g/mol. The van der Waals surface area contributed by atoms with Crippen molar-refractivity contribution in [2.75, 3.05) is 20.8 Å². The smallest absolute Gasteiger partial charge is 0.249 e. The van der Waals surface area contributed by atoms with Gasteiger partial charge in [0, 0.05) is 34.5 Å². The van der Waals surface area contributed by atoms with E-state index in [9.17, 15) is 9.90 Å². The van der Waals surface area contributed by atoms with Crippen LogP contribution in [0.5, 0.6) is 17.4 Å². The normalized spacial score (nSPS) is 19.0. The molecule has 2 atom stereocenters. The summed E-state index contributed by atoms with van der Waals surface area (Å²) in [7, 11) is 2.72. The number of methoxy groups -OCH3 is 2. The van der Waals surface area contributed by atoms with Gasteiger partial charge in [0.05, 0.1) is 25.3 Å². The van der Waals surface area contributed by atoms with E-state index in [1.807, 2.05) is 0 Å². The highest BCUT2D eigenvalue weighted by atomic mass is 35.5. The second-order valence-corrected chi connectivity index (χ2v) is 7.77. The topological polar surface area (TPSA) is 130 Å². The van der Waals surface area contributed by atoms with Crippen molar-refractivity contribution >= 4 is 17.5 Å². The van der Waals surface area contributed by atoms with Crippen molar-refractivity contribution in [3.05, 3.63) is 70.1 Å². The van der Waals surface area contributed by atoms with E-state index in [1.165, 1.54) is 44.7 Å². The van der Waals surface area contributed by atoms with E-state index in [0.29, 0.717) is 5.56 Å². The number of rotatable bonds is 6. The lowest BCUT2D eigenvalue weighted by atomic mass is 9.83. The number of nitrogens with zero attached hydrogens (tertiary/aromatic N) is 1. The molecule has 3 aromatic rings. The van der Waals surface area contributed by atoms with Crippen LogP contribution in [-0.4, -0.2) is 36.8 Å². The Bertz CT molecular complexity index is 1260. The molecule has 1 aliphatic heterocycles. The second kappa shape index (κ2) is 8.51. The van der Waals surface area contributed by atoms with Crippen LogP contribution in [0.1, 0.15) is 27.6 Å². The third-order valence-electron chi connectivity index (χ3n) is 5.73. The molecule has 4 rings (SSSR count). The first-order valence-corrected chi connectivity index (χ1v) is 10.2. The number of carbonyl (C=O) groups excluding carboxylic acids is 1. The number of hydrogen-bond acceptors (Lipinski definition) is 7. The Morgan fingerprint density at radius 3 is 2.64 bits per heavy atom. The number of primary amides is 1. The molecule has 2 aromatic carbocycles. The zero-order valence-electron chi connectivity index (χ0n) is 17.8. The van der Waals surface area contributed by atoms with E-state index in [-0.39, 0.29) is 51.2 Å². The van der Waals surface area contributed by atoms with E-state index >= 15 is 4.39 Å². The predicted octanol–water partition coefficient (Wildman–Crippen LogP) is 2.94. The molecule has 2 heterocycles. The standard InChI is InChI=1S/C23H21ClFN3O5/c1-31-15-7-5-11(21(27)30)16(19(15)25)17-13(24)6-8-14-18(17)20(29)23(10-26,33-14)12-4-3-9-28-22(12)32-2/h3-9,20,29H,10,26H2,1-2H3,(H2,27,30)/t20-,23+/m1/s1. The van der Waals surface area contributed by atoms with Gasteiger partial charge in [0.15, 0.2) is 17.2 Å². The van der Waals surface area contributed by atoms with Crippen LogP contribution in [0.4, 0.5) is 4.39 Å². The number of aromatic nitrogens is 1. The molecule has 10 heteroatoms. The lowest BCUT2D eigenvalue weighted by Crippen LogP contribution is -2.43. The monoisotopic (exact) mass is 473 g/mol. The summed E-state index contributed by atoms with van der Waals surface area (Å²) in [6, 6.07) is 8.93. The number of halogens is 2. The molecule has 1 aromatic heterocycles. The van der Waals surface area contributed by atoms with Crippen LogP contribution in [0.25, 0.3) is 11.1 Å². The first-order valence-electron chi connectivity index (χ1n) is 9.86. The van der Waals surface area contributed by atoms with Gasteiger partial charge in [-0.05, 0) is 36.4 Å². The van der Waals surface area contributed by atoms with Crippen molar-refractivity contribution in [2.24, 2.45) is 11.5 Å². The largest absolute Gasteiger partial charge is 0.494 e. The van der Waals surface area contributed by atoms with Gasteiger partial charge in [-0.1, -0.05) is 11.6 Å². The van der Waals surface area contributed by atoms with Crippen LogP contribution in [0, 0.1) is 5.82 Å². The number of pyridine rings is 1. The maximum absolute atomic E-state index is 15.5. The van der Waals surface area contributed by atoms with Gasteiger partial charge in [-0.3, -0.25) is 4.79 Å². The molecular formula is C23H21ClFN3O5. The number of amides is 1. The SMILES string of the molecule is COc1ccc(C(N)=O)c(-c2c(Cl)ccc3c2[C@@H](O)[C@](CN)(c2cccnc2OC)O3)c1F. The molecule has 1 amide bonds. The van der Waals surface area contributed by atoms with Gasteiger partial charge in [0.2, 0.25) is 11.8 Å². The Labute approximate surface area is 193 Å². The van der Waals surface area contributed by atoms with Crippen LogP contribution >= 0.6 is 11.6 Å². The van der Waals surface area contributed by atoms with Crippen molar-refractivity contribution in [1.29, 1.82) is 0 Å². The fourth-order valence-corrected chi connectivity index (χ4v) is 4.44. The van der Waals surface area contributed by atoms with Gasteiger partial charge in [-0.2, -0.15) is 0 Å². The molecule has 172 valence electrons. The van der Waals surface area contributed by atoms with Crippen molar-refractivity contribution in [3.8, 4) is 28.5 Å². The number of carbonyl (C=O) groups is 1. The van der Waals surface area contributed by atoms with Crippen molar-refractivity contribution in [1.82, 2.24) is 4.98 Å². The predicted molar refractivity (Wildman–Crippen MR) is 119 cm³/mol. The van der Waals surface area contributed by atoms with Gasteiger partial charge in [0.1, 0.15) is 11.9 Å². The zero-order chi connectivity index (χ0) is 23.9. The van der Waals surface area contributed by atoms with E-state index in [0.717, 1.165) is 0 Å². The van der Waals surface area contributed by atoms with Gasteiger partial charge < -0.3 is 30.8 Å². The summed E-state index contributed by atoms with van der Waals surface area (Å²) in [5.41, 5.74) is 10.4. The Balaban J connectivity index is 2.03. The molecule has 0 saturated heterocycles. The third kappa shape index (κ3) is 3.36. The van der Waals surface area contributed by atoms with Crippen LogP contribution < -0.4 is 25.7 Å². The van der Waals surface area contributed by atoms with E-state index in [2.05, 4.69) is 4.98 Å². The van der Waals surface area contributed by atoms with Crippen molar-refractivity contribution in [2.45, 2.75) is 11.7 Å². The minimum Gasteiger partial charge on any atom is -0.494 e. The van der Waals surface area contributed by atoms with Crippen LogP contribution in [0.2, 0.25) is 5.02 Å². The number of aliphatic hydroxyl groups excluding tert-OH is 1. The number of fused-ring (bicyclic) bond motifs is 1. The van der Waals surface area contributed by atoms with Crippen molar-refractivity contribution < 1.29 is 28.5 Å². The second-order valence-electron chi connectivity index (χ2n) is 7.36. The molecule has 0 radical (unpaired) electrons. The summed E-state index contributed by atoms with van der Waals surface area (Å²) in [5, 5.41) is 11.6. The number of aliphatic hydroxyl groups is 1. The van der Waals surface area contributed by atoms with E-state index in [1.54, 1.807) is 12.1 Å². The molecule has 8 nitrogen and oxygen atoms in total. The molecule has 0 spiro atoms. The summed E-state index contributed by atoms with van der Waals surface area (Å²) in [6.45, 7) is -0.175. The molecule has 33 heavy (non-hydrogen) atoms. The fraction of sp³-hybridized carbons (Fsp3) is 0.217. The minimum absolute atomic E-state index is 0.0463. The molecular weight excluding hydrogens is 453 g/mol. The Morgan fingerprint density at radius 2 is 2.00 bits per heavy atom. The lowest BCUT2D eigenvalue weighted by Gasteiger charge is -2.31. The summed E-state index contributed by atoms with van der Waals surface area (Å²) in [4.78, 5) is 16.3. The molecule has 0 bridgehead atoms. The number of ether oxygens (including phenoxy) is 3. The highest BCUT2D eigenvalue weighted by molar-refractivity contribution is 6.34. The fourth-order valence-electron chi connectivity index (χ4n) is 4.18. The van der Waals surface area contributed by atoms with Gasteiger partial charge >= 0.3 is 0 Å². The molecule has 1 aliphatic rings. The highest BCUT2D eigenvalue weighted by Crippen LogP contribution is 2.55. The lowest BCUT2D eigenvalue weighted by molar-refractivity contribution is -0.0274. The highest BCUT2D eigenvalue weighted by Gasteiger charge is 2.52. The maximum Gasteiger partial charge on any atom is 0.249 e. The third-order valence-corrected chi connectivity index (χ3v) is 6.04. The van der Waals surface area contributed by atoms with E-state index in [4.69, 9.17) is 37.3 Å². The zero-order valence-corrected chi connectivity index (χ0v) is 18.5. The molecule has 0 saturated carbocycles. The number of hydrogen-bond donors (Lipinski definition) is 3. The van der Waals surface area contributed by atoms with E-state index < -0.39 is 23.4 Å². The first-order chi connectivity index (χ1) is 15.8. The quantitative estimate of drug-likeness (QED) is 0.501. The summed E-state index contributed by atoms with van der Waals surface area (Å²) in [5.74, 6) is -1.46. The van der Waals surface area contributed by atoms with Crippen LogP contribution in [0.3, 0.4) is 0 Å². The van der Waals surface area contributed by atoms with Crippen LogP contribution in [-0.2, 0) is 5.60 Å². The molecule has 0 unspecified atom stereocenters. The Hall–Kier alpha value is -3.40. The molecule has 5 N–H and O–H groups in total. The van der Waals surface area contributed by atoms with Crippen molar-refractivity contribution in [3.63, 3.8) is 0 Å². The first kappa shape index (κ1) is 22.8. The number of benzene rings is 2. The van der Waals surface area contributed by atoms with Gasteiger partial charge in [-0.15, -0.1) is 0 Å². The maximum atomic E-state index is 15.5.